The van der Waals surface area contributed by atoms with Gasteiger partial charge in [0.05, 0.1) is 6.10 Å². The van der Waals surface area contributed by atoms with Gasteiger partial charge in [-0.1, -0.05) is 34.1 Å². The molecule has 0 heterocycles. The third kappa shape index (κ3) is 4.76. The molecule has 0 rings (SSSR count). The smallest absolute Gasteiger partial charge is 0.0542 e. The highest BCUT2D eigenvalue weighted by Gasteiger charge is 2.18. The molecule has 2 atom stereocenters. The van der Waals surface area contributed by atoms with Crippen molar-refractivity contribution in [2.24, 2.45) is 17.8 Å². The van der Waals surface area contributed by atoms with E-state index in [1.54, 1.807) is 0 Å². The molecule has 0 aliphatic carbocycles. The molecule has 0 saturated carbocycles. The molecule has 0 amide bonds. The second-order valence-electron chi connectivity index (χ2n) is 4.62. The van der Waals surface area contributed by atoms with Gasteiger partial charge in [0.2, 0.25) is 0 Å². The van der Waals surface area contributed by atoms with Crippen molar-refractivity contribution < 1.29 is 5.11 Å². The molecule has 0 spiro atoms. The standard InChI is InChI=1S/C11H24O/c1-8(2)6-7-11(9(3)4)10(5)12/h8-12H,6-7H2,1-5H3. The van der Waals surface area contributed by atoms with Crippen molar-refractivity contribution >= 4 is 0 Å². The summed E-state index contributed by atoms with van der Waals surface area (Å²) in [5.41, 5.74) is 0. The van der Waals surface area contributed by atoms with Gasteiger partial charge in [0.1, 0.15) is 0 Å². The SMILES string of the molecule is CC(C)CCC(C(C)C)C(C)O. The fourth-order valence-corrected chi connectivity index (χ4v) is 1.66. The Balaban J connectivity index is 3.80. The van der Waals surface area contributed by atoms with Crippen LogP contribution in [0.5, 0.6) is 0 Å². The fraction of sp³-hybridized carbons (Fsp3) is 1.00. The average molecular weight is 172 g/mol. The Hall–Kier alpha value is -0.0400. The first kappa shape index (κ1) is 12.0. The van der Waals surface area contributed by atoms with Crippen LogP contribution in [0.4, 0.5) is 0 Å². The molecule has 0 aromatic carbocycles. The molecular weight excluding hydrogens is 148 g/mol. The molecule has 0 aromatic rings. The zero-order valence-electron chi connectivity index (χ0n) is 9.17. The minimum atomic E-state index is -0.149. The van der Waals surface area contributed by atoms with Crippen molar-refractivity contribution in [2.75, 3.05) is 0 Å². The minimum Gasteiger partial charge on any atom is -0.393 e. The Kier molecular flexibility index (Phi) is 5.56. The molecule has 0 fully saturated rings. The molecule has 1 heteroatoms. The van der Waals surface area contributed by atoms with Crippen LogP contribution in [0.15, 0.2) is 0 Å². The van der Waals surface area contributed by atoms with Gasteiger partial charge in [-0.25, -0.2) is 0 Å². The average Bonchev–Trinajstić information content (AvgIpc) is 1.84. The van der Waals surface area contributed by atoms with Crippen LogP contribution in [0.25, 0.3) is 0 Å². The van der Waals surface area contributed by atoms with E-state index in [-0.39, 0.29) is 6.10 Å². The van der Waals surface area contributed by atoms with E-state index in [9.17, 15) is 5.11 Å². The number of aliphatic hydroxyl groups is 1. The molecule has 0 aliphatic heterocycles. The van der Waals surface area contributed by atoms with Crippen LogP contribution < -0.4 is 0 Å². The monoisotopic (exact) mass is 172 g/mol. The molecule has 0 saturated heterocycles. The van der Waals surface area contributed by atoms with Crippen molar-refractivity contribution in [1.82, 2.24) is 0 Å². The first-order chi connectivity index (χ1) is 5.45. The summed E-state index contributed by atoms with van der Waals surface area (Å²) in [6, 6.07) is 0. The predicted molar refractivity (Wildman–Crippen MR) is 54.1 cm³/mol. The van der Waals surface area contributed by atoms with Gasteiger partial charge in [0.25, 0.3) is 0 Å². The van der Waals surface area contributed by atoms with Crippen LogP contribution in [0.2, 0.25) is 0 Å². The number of rotatable bonds is 5. The predicted octanol–water partition coefficient (Wildman–Crippen LogP) is 3.08. The van der Waals surface area contributed by atoms with E-state index in [0.717, 1.165) is 12.3 Å². The summed E-state index contributed by atoms with van der Waals surface area (Å²) in [6.45, 7) is 10.8. The third-order valence-corrected chi connectivity index (χ3v) is 2.55. The third-order valence-electron chi connectivity index (χ3n) is 2.55. The van der Waals surface area contributed by atoms with Crippen molar-refractivity contribution in [3.8, 4) is 0 Å². The highest BCUT2D eigenvalue weighted by Crippen LogP contribution is 2.23. The van der Waals surface area contributed by atoms with Crippen LogP contribution in [-0.4, -0.2) is 11.2 Å². The lowest BCUT2D eigenvalue weighted by Crippen LogP contribution is -2.22. The topological polar surface area (TPSA) is 20.2 Å². The molecule has 2 unspecified atom stereocenters. The van der Waals surface area contributed by atoms with Crippen molar-refractivity contribution in [3.63, 3.8) is 0 Å². The van der Waals surface area contributed by atoms with Gasteiger partial charge in [0, 0.05) is 0 Å². The Morgan fingerprint density at radius 2 is 1.42 bits per heavy atom. The summed E-state index contributed by atoms with van der Waals surface area (Å²) in [7, 11) is 0. The van der Waals surface area contributed by atoms with Gasteiger partial charge < -0.3 is 5.11 Å². The minimum absolute atomic E-state index is 0.149. The highest BCUT2D eigenvalue weighted by molar-refractivity contribution is 4.69. The summed E-state index contributed by atoms with van der Waals surface area (Å²) in [5, 5.41) is 9.50. The lowest BCUT2D eigenvalue weighted by molar-refractivity contribution is 0.0882. The maximum atomic E-state index is 9.50. The number of aliphatic hydroxyl groups excluding tert-OH is 1. The lowest BCUT2D eigenvalue weighted by atomic mass is 9.85. The van der Waals surface area contributed by atoms with Gasteiger partial charge >= 0.3 is 0 Å². The second-order valence-corrected chi connectivity index (χ2v) is 4.62. The highest BCUT2D eigenvalue weighted by atomic mass is 16.3. The first-order valence-electron chi connectivity index (χ1n) is 5.13. The summed E-state index contributed by atoms with van der Waals surface area (Å²) in [6.07, 6.45) is 2.24. The van der Waals surface area contributed by atoms with Gasteiger partial charge in [-0.2, -0.15) is 0 Å². The normalized spacial score (nSPS) is 17.0. The number of hydrogen-bond acceptors (Lipinski definition) is 1. The summed E-state index contributed by atoms with van der Waals surface area (Å²) < 4.78 is 0. The van der Waals surface area contributed by atoms with E-state index in [1.165, 1.54) is 6.42 Å². The summed E-state index contributed by atoms with van der Waals surface area (Å²) >= 11 is 0. The molecule has 0 bridgehead atoms. The van der Waals surface area contributed by atoms with Crippen LogP contribution in [0.1, 0.15) is 47.5 Å². The summed E-state index contributed by atoms with van der Waals surface area (Å²) in [5.74, 6) is 1.83. The van der Waals surface area contributed by atoms with Crippen molar-refractivity contribution in [1.29, 1.82) is 0 Å². The van der Waals surface area contributed by atoms with Crippen molar-refractivity contribution in [2.45, 2.75) is 53.6 Å². The van der Waals surface area contributed by atoms with E-state index in [4.69, 9.17) is 0 Å². The second kappa shape index (κ2) is 5.58. The molecule has 1 N–H and O–H groups in total. The van der Waals surface area contributed by atoms with E-state index in [1.807, 2.05) is 6.92 Å². The maximum Gasteiger partial charge on any atom is 0.0542 e. The van der Waals surface area contributed by atoms with E-state index >= 15 is 0 Å². The van der Waals surface area contributed by atoms with Gasteiger partial charge in [-0.05, 0) is 31.1 Å². The fourth-order valence-electron chi connectivity index (χ4n) is 1.66. The van der Waals surface area contributed by atoms with Crippen molar-refractivity contribution in [3.05, 3.63) is 0 Å². The Morgan fingerprint density at radius 3 is 1.67 bits per heavy atom. The van der Waals surface area contributed by atoms with E-state index < -0.39 is 0 Å². The molecule has 0 aromatic heterocycles. The zero-order chi connectivity index (χ0) is 9.72. The van der Waals surface area contributed by atoms with Gasteiger partial charge in [0.15, 0.2) is 0 Å². The molecular formula is C11H24O. The van der Waals surface area contributed by atoms with Crippen LogP contribution in [0, 0.1) is 17.8 Å². The van der Waals surface area contributed by atoms with Crippen LogP contribution in [0.3, 0.4) is 0 Å². The van der Waals surface area contributed by atoms with Gasteiger partial charge in [-0.15, -0.1) is 0 Å². The van der Waals surface area contributed by atoms with Gasteiger partial charge in [-0.3, -0.25) is 0 Å². The molecule has 74 valence electrons. The summed E-state index contributed by atoms with van der Waals surface area (Å²) in [4.78, 5) is 0. The largest absolute Gasteiger partial charge is 0.393 e. The Morgan fingerprint density at radius 1 is 0.917 bits per heavy atom. The zero-order valence-corrected chi connectivity index (χ0v) is 9.17. The van der Waals surface area contributed by atoms with E-state index in [2.05, 4.69) is 27.7 Å². The quantitative estimate of drug-likeness (QED) is 0.675. The Bertz CT molecular complexity index is 97.6. The van der Waals surface area contributed by atoms with Crippen LogP contribution in [-0.2, 0) is 0 Å². The Labute approximate surface area is 77.2 Å². The van der Waals surface area contributed by atoms with Crippen LogP contribution >= 0.6 is 0 Å². The first-order valence-corrected chi connectivity index (χ1v) is 5.13. The van der Waals surface area contributed by atoms with E-state index in [0.29, 0.717) is 11.8 Å². The lowest BCUT2D eigenvalue weighted by Gasteiger charge is -2.24. The molecule has 1 nitrogen and oxygen atoms in total. The molecule has 12 heavy (non-hydrogen) atoms. The maximum absolute atomic E-state index is 9.50. The number of hydrogen-bond donors (Lipinski definition) is 1. The molecule has 0 aliphatic rings. The molecule has 0 radical (unpaired) electrons.